The Morgan fingerprint density at radius 2 is 2.16 bits per heavy atom. The molecule has 1 aromatic carbocycles. The second-order valence-corrected chi connectivity index (χ2v) is 6.00. The van der Waals surface area contributed by atoms with Crippen LogP contribution >= 0.6 is 0 Å². The van der Waals surface area contributed by atoms with Crippen LogP contribution in [0.15, 0.2) is 23.0 Å². The summed E-state index contributed by atoms with van der Waals surface area (Å²) in [5, 5.41) is 7.09. The molecular weight excluding hydrogens is 328 g/mol. The van der Waals surface area contributed by atoms with Gasteiger partial charge in [0.15, 0.2) is 17.3 Å². The Hall–Kier alpha value is -2.81. The van der Waals surface area contributed by atoms with Crippen LogP contribution in [-0.2, 0) is 22.7 Å². The Balaban J connectivity index is 1.68. The van der Waals surface area contributed by atoms with Gasteiger partial charge in [0, 0.05) is 19.2 Å². The van der Waals surface area contributed by atoms with Crippen molar-refractivity contribution in [3.8, 4) is 17.2 Å². The van der Waals surface area contributed by atoms with Gasteiger partial charge < -0.3 is 19.5 Å². The van der Waals surface area contributed by atoms with E-state index in [-0.39, 0.29) is 31.9 Å². The lowest BCUT2D eigenvalue weighted by Crippen LogP contribution is -2.34. The fourth-order valence-electron chi connectivity index (χ4n) is 2.70. The maximum absolute atomic E-state index is 12.8. The molecule has 1 aliphatic carbocycles. The number of nitrogens with zero attached hydrogens (tertiary/aromatic N) is 3. The average molecular weight is 346 g/mol. The van der Waals surface area contributed by atoms with Crippen LogP contribution < -0.4 is 20.5 Å². The first-order valence-corrected chi connectivity index (χ1v) is 8.03. The second kappa shape index (κ2) is 6.25. The van der Waals surface area contributed by atoms with Crippen LogP contribution in [0, 0.1) is 0 Å². The van der Waals surface area contributed by atoms with Crippen molar-refractivity contribution in [2.24, 2.45) is 0 Å². The molecule has 1 aliphatic heterocycles. The molecule has 9 nitrogen and oxygen atoms in total. The highest BCUT2D eigenvalue weighted by Gasteiger charge is 2.25. The lowest BCUT2D eigenvalue weighted by Gasteiger charge is -2.06. The summed E-state index contributed by atoms with van der Waals surface area (Å²) < 4.78 is 18.4. The van der Waals surface area contributed by atoms with Crippen LogP contribution in [0.3, 0.4) is 0 Å². The van der Waals surface area contributed by atoms with Gasteiger partial charge >= 0.3 is 5.69 Å². The van der Waals surface area contributed by atoms with Gasteiger partial charge in [-0.15, -0.1) is 0 Å². The molecule has 2 aromatic rings. The van der Waals surface area contributed by atoms with Crippen LogP contribution in [0.2, 0.25) is 0 Å². The van der Waals surface area contributed by atoms with Gasteiger partial charge in [-0.3, -0.25) is 4.79 Å². The molecule has 2 heterocycles. The summed E-state index contributed by atoms with van der Waals surface area (Å²) in [7, 11) is 1.52. The molecule has 9 heteroatoms. The summed E-state index contributed by atoms with van der Waals surface area (Å²) in [5.74, 6) is 1.38. The molecule has 0 bridgehead atoms. The Labute approximate surface area is 143 Å². The van der Waals surface area contributed by atoms with E-state index in [1.807, 2.05) is 0 Å². The molecule has 0 saturated heterocycles. The van der Waals surface area contributed by atoms with E-state index in [1.54, 1.807) is 18.2 Å². The van der Waals surface area contributed by atoms with Crippen LogP contribution in [-0.4, -0.2) is 40.2 Å². The summed E-state index contributed by atoms with van der Waals surface area (Å²) >= 11 is 0. The minimum Gasteiger partial charge on any atom is -0.454 e. The highest BCUT2D eigenvalue weighted by molar-refractivity contribution is 5.76. The van der Waals surface area contributed by atoms with Crippen molar-refractivity contribution in [3.05, 3.63) is 34.5 Å². The Morgan fingerprint density at radius 3 is 2.92 bits per heavy atom. The molecule has 1 fully saturated rings. The SMILES string of the molecule is COCc1nn(CC(=O)NC2CC2)c(=O)n1-c1ccc2c(c1)OCO2. The van der Waals surface area contributed by atoms with Gasteiger partial charge in [-0.25, -0.2) is 14.0 Å². The molecule has 0 spiro atoms. The van der Waals surface area contributed by atoms with Crippen LogP contribution in [0.4, 0.5) is 0 Å². The zero-order valence-corrected chi connectivity index (χ0v) is 13.7. The lowest BCUT2D eigenvalue weighted by molar-refractivity contribution is -0.122. The maximum Gasteiger partial charge on any atom is 0.351 e. The van der Waals surface area contributed by atoms with Crippen LogP contribution in [0.25, 0.3) is 5.69 Å². The number of hydrogen-bond donors (Lipinski definition) is 1. The van der Waals surface area contributed by atoms with Crippen LogP contribution in [0.5, 0.6) is 11.5 Å². The zero-order valence-electron chi connectivity index (χ0n) is 13.7. The first-order valence-electron chi connectivity index (χ1n) is 8.03. The molecule has 1 aromatic heterocycles. The van der Waals surface area contributed by atoms with Gasteiger partial charge in [-0.2, -0.15) is 5.10 Å². The summed E-state index contributed by atoms with van der Waals surface area (Å²) in [5.41, 5.74) is 0.173. The third-order valence-electron chi connectivity index (χ3n) is 4.03. The van der Waals surface area contributed by atoms with Gasteiger partial charge in [0.2, 0.25) is 12.7 Å². The highest BCUT2D eigenvalue weighted by Crippen LogP contribution is 2.33. The van der Waals surface area contributed by atoms with Gasteiger partial charge in [0.05, 0.1) is 5.69 Å². The highest BCUT2D eigenvalue weighted by atomic mass is 16.7. The fraction of sp³-hybridized carbons (Fsp3) is 0.438. The maximum atomic E-state index is 12.8. The number of aromatic nitrogens is 3. The molecule has 1 saturated carbocycles. The van der Waals surface area contributed by atoms with Crippen LogP contribution in [0.1, 0.15) is 18.7 Å². The smallest absolute Gasteiger partial charge is 0.351 e. The predicted molar refractivity (Wildman–Crippen MR) is 85.8 cm³/mol. The van der Waals surface area contributed by atoms with Crippen molar-refractivity contribution in [3.63, 3.8) is 0 Å². The van der Waals surface area contributed by atoms with Gasteiger partial charge in [0.25, 0.3) is 0 Å². The topological polar surface area (TPSA) is 96.6 Å². The van der Waals surface area contributed by atoms with E-state index < -0.39 is 5.69 Å². The lowest BCUT2D eigenvalue weighted by atomic mass is 10.2. The summed E-state index contributed by atoms with van der Waals surface area (Å²) in [6.07, 6.45) is 1.97. The number of fused-ring (bicyclic) bond motifs is 1. The molecule has 1 amide bonds. The predicted octanol–water partition coefficient (Wildman–Crippen LogP) is 0.188. The number of carbonyl (C=O) groups excluding carboxylic acids is 1. The number of rotatable bonds is 6. The average Bonchev–Trinajstić information content (AvgIpc) is 3.17. The Morgan fingerprint density at radius 1 is 1.36 bits per heavy atom. The normalized spacial score (nSPS) is 15.4. The van der Waals surface area contributed by atoms with E-state index in [4.69, 9.17) is 14.2 Å². The second-order valence-electron chi connectivity index (χ2n) is 6.00. The fourth-order valence-corrected chi connectivity index (χ4v) is 2.70. The molecule has 4 rings (SSSR count). The summed E-state index contributed by atoms with van der Waals surface area (Å²) in [4.78, 5) is 24.8. The number of nitrogens with one attached hydrogen (secondary N) is 1. The molecule has 2 aliphatic rings. The Kier molecular flexibility index (Phi) is 3.92. The van der Waals surface area contributed by atoms with E-state index in [2.05, 4.69) is 10.4 Å². The molecule has 132 valence electrons. The van der Waals surface area contributed by atoms with Gasteiger partial charge in [0.1, 0.15) is 13.2 Å². The summed E-state index contributed by atoms with van der Waals surface area (Å²) in [6.45, 7) is 0.170. The number of benzene rings is 1. The third-order valence-corrected chi connectivity index (χ3v) is 4.03. The van der Waals surface area contributed by atoms with E-state index in [9.17, 15) is 9.59 Å². The molecule has 0 atom stereocenters. The van der Waals surface area contributed by atoms with Crippen molar-refractivity contribution in [2.75, 3.05) is 13.9 Å². The minimum absolute atomic E-state index is 0.121. The molecule has 1 N–H and O–H groups in total. The number of amides is 1. The Bertz CT molecular complexity index is 868. The van der Waals surface area contributed by atoms with Crippen molar-refractivity contribution in [2.45, 2.75) is 32.0 Å². The number of methoxy groups -OCH3 is 1. The van der Waals surface area contributed by atoms with E-state index in [1.165, 1.54) is 11.7 Å². The minimum atomic E-state index is -0.406. The van der Waals surface area contributed by atoms with E-state index in [0.29, 0.717) is 23.0 Å². The number of ether oxygens (including phenoxy) is 3. The largest absolute Gasteiger partial charge is 0.454 e. The quantitative estimate of drug-likeness (QED) is 0.802. The number of hydrogen-bond acceptors (Lipinski definition) is 6. The van der Waals surface area contributed by atoms with Crippen molar-refractivity contribution in [1.29, 1.82) is 0 Å². The van der Waals surface area contributed by atoms with Crippen molar-refractivity contribution < 1.29 is 19.0 Å². The standard InChI is InChI=1S/C16H18N4O5/c1-23-8-14-18-19(7-15(21)17-10-2-3-10)16(22)20(14)11-4-5-12-13(6-11)25-9-24-12/h4-6,10H,2-3,7-9H2,1H3,(H,17,21). The monoisotopic (exact) mass is 346 g/mol. The van der Waals surface area contributed by atoms with Gasteiger partial charge in [-0.1, -0.05) is 0 Å². The third kappa shape index (κ3) is 3.10. The molecular formula is C16H18N4O5. The molecule has 0 radical (unpaired) electrons. The van der Waals surface area contributed by atoms with Crippen molar-refractivity contribution >= 4 is 5.91 Å². The molecule has 25 heavy (non-hydrogen) atoms. The van der Waals surface area contributed by atoms with E-state index >= 15 is 0 Å². The number of carbonyl (C=O) groups is 1. The van der Waals surface area contributed by atoms with E-state index in [0.717, 1.165) is 17.5 Å². The van der Waals surface area contributed by atoms with Crippen molar-refractivity contribution in [1.82, 2.24) is 19.7 Å². The molecule has 0 unspecified atom stereocenters. The zero-order chi connectivity index (χ0) is 17.4. The first-order chi connectivity index (χ1) is 12.2. The first kappa shape index (κ1) is 15.7. The summed E-state index contributed by atoms with van der Waals surface area (Å²) in [6, 6.07) is 5.42. The van der Waals surface area contributed by atoms with Gasteiger partial charge in [-0.05, 0) is 25.0 Å².